The smallest absolute Gasteiger partial charge is 0.319 e. The number of aliphatic imine (C=N–C) groups is 1. The molecule has 0 aromatic rings. The number of hydrogen-bond donors (Lipinski definition) is 4. The summed E-state index contributed by atoms with van der Waals surface area (Å²) >= 11 is 0. The Morgan fingerprint density at radius 2 is 1.11 bits per heavy atom. The van der Waals surface area contributed by atoms with Gasteiger partial charge >= 0.3 is 18.1 Å². The number of carbonyl (C=O) groups excluding carboxylic acids is 4. The lowest BCUT2D eigenvalue weighted by molar-refractivity contribution is -0.123. The fourth-order valence-corrected chi connectivity index (χ4v) is 14.0. The van der Waals surface area contributed by atoms with Crippen LogP contribution in [0.3, 0.4) is 0 Å². The van der Waals surface area contributed by atoms with Crippen LogP contribution in [-0.2, 0) is 4.79 Å². The van der Waals surface area contributed by atoms with Gasteiger partial charge in [-0.05, 0) is 103 Å². The number of carbonyl (C=O) groups is 4. The lowest BCUT2D eigenvalue weighted by atomic mass is 9.70. The van der Waals surface area contributed by atoms with Gasteiger partial charge < -0.3 is 55.9 Å². The molecule has 10 atom stereocenters. The highest BCUT2D eigenvalue weighted by atomic mass is 16.2. The molecular weight excluding hydrogens is 917 g/mol. The van der Waals surface area contributed by atoms with Crippen molar-refractivity contribution in [2.45, 2.75) is 212 Å². The third-order valence-electron chi connectivity index (χ3n) is 19.1. The topological polar surface area (TPSA) is 168 Å². The summed E-state index contributed by atoms with van der Waals surface area (Å²) in [6.07, 6.45) is 24.2. The van der Waals surface area contributed by atoms with Crippen LogP contribution in [-0.4, -0.2) is 178 Å². The van der Waals surface area contributed by atoms with Crippen LogP contribution in [0.15, 0.2) is 4.99 Å². The van der Waals surface area contributed by atoms with E-state index in [1.54, 1.807) is 14.0 Å². The molecule has 16 heteroatoms. The molecule has 4 aliphatic heterocycles. The van der Waals surface area contributed by atoms with Crippen molar-refractivity contribution in [3.05, 3.63) is 22.8 Å². The fraction of sp³-hybridized carbons (Fsp3) is 0.877. The predicted molar refractivity (Wildman–Crippen MR) is 297 cm³/mol. The van der Waals surface area contributed by atoms with Crippen LogP contribution in [0.4, 0.5) is 14.4 Å². The minimum Gasteiger partial charge on any atom is -0.337 e. The van der Waals surface area contributed by atoms with E-state index in [4.69, 9.17) is 18.9 Å². The van der Waals surface area contributed by atoms with Crippen molar-refractivity contribution >= 4 is 29.6 Å². The average Bonchev–Trinajstić information content (AvgIpc) is 3.38. The van der Waals surface area contributed by atoms with Crippen LogP contribution in [0.1, 0.15) is 176 Å². The summed E-state index contributed by atoms with van der Waals surface area (Å²) < 4.78 is 0. The van der Waals surface area contributed by atoms with Gasteiger partial charge in [0.1, 0.15) is 0 Å². The Balaban J connectivity index is 0.000000191. The van der Waals surface area contributed by atoms with E-state index in [1.807, 2.05) is 73.7 Å². The first-order chi connectivity index (χ1) is 34.4. The zero-order chi connectivity index (χ0) is 54.4. The van der Waals surface area contributed by atoms with Crippen LogP contribution in [0.25, 0.3) is 9.69 Å². The van der Waals surface area contributed by atoms with Gasteiger partial charge in [0.25, 0.3) is 11.1 Å². The minimum absolute atomic E-state index is 0.101. The van der Waals surface area contributed by atoms with E-state index in [2.05, 4.69) is 58.3 Å². The third-order valence-corrected chi connectivity index (χ3v) is 19.1. The summed E-state index contributed by atoms with van der Waals surface area (Å²) in [5.41, 5.74) is 7.14. The molecule has 5 saturated carbocycles. The Bertz CT molecular complexity index is 1920. The van der Waals surface area contributed by atoms with E-state index >= 15 is 0 Å². The van der Waals surface area contributed by atoms with Gasteiger partial charge in [-0.15, -0.1) is 0 Å². The number of rotatable bonds is 2. The highest BCUT2D eigenvalue weighted by Crippen LogP contribution is 2.43. The quantitative estimate of drug-likeness (QED) is 0.200. The lowest BCUT2D eigenvalue weighted by Gasteiger charge is -2.52. The van der Waals surface area contributed by atoms with Crippen molar-refractivity contribution in [1.82, 2.24) is 40.4 Å². The molecule has 0 bridgehead atoms. The number of nitrogens with one attached hydrogen (secondary N) is 3. The van der Waals surface area contributed by atoms with Gasteiger partial charge in [0, 0.05) is 142 Å². The van der Waals surface area contributed by atoms with E-state index in [1.165, 1.54) is 89.9 Å². The van der Waals surface area contributed by atoms with Crippen molar-refractivity contribution in [1.29, 1.82) is 0 Å². The number of fused-ring (bicyclic) bond motifs is 3. The maximum atomic E-state index is 11.8. The van der Waals surface area contributed by atoms with Crippen molar-refractivity contribution < 1.29 is 19.2 Å². The second-order valence-electron chi connectivity index (χ2n) is 25.0. The molecule has 73 heavy (non-hydrogen) atoms. The molecule has 4 heterocycles. The van der Waals surface area contributed by atoms with Crippen molar-refractivity contribution in [2.24, 2.45) is 32.4 Å². The normalized spacial score (nSPS) is 37.6. The minimum atomic E-state index is -0.668. The maximum Gasteiger partial charge on any atom is 0.319 e. The van der Waals surface area contributed by atoms with Gasteiger partial charge in [-0.3, -0.25) is 9.79 Å². The highest BCUT2D eigenvalue weighted by Gasteiger charge is 2.48. The molecule has 0 spiro atoms. The number of Topliss-reactive ketones (excluding diaryl/α,β-unsaturated/α-hetero) is 1. The molecule has 16 nitrogen and oxygen atoms in total. The first-order valence-corrected chi connectivity index (χ1v) is 28.2. The lowest BCUT2D eigenvalue weighted by Crippen LogP contribution is -2.66. The Morgan fingerprint density at radius 1 is 0.616 bits per heavy atom. The van der Waals surface area contributed by atoms with Crippen molar-refractivity contribution in [2.75, 3.05) is 88.6 Å². The number of nitrogens with two attached hydrogens (primary N) is 1. The van der Waals surface area contributed by atoms with Gasteiger partial charge in [0.2, 0.25) is 5.78 Å². The van der Waals surface area contributed by atoms with Crippen molar-refractivity contribution in [3.8, 4) is 0 Å². The predicted octanol–water partition coefficient (Wildman–Crippen LogP) is 9.10. The first-order valence-electron chi connectivity index (χ1n) is 28.2. The average molecular weight is 1020 g/mol. The third kappa shape index (κ3) is 14.9. The van der Waals surface area contributed by atoms with Gasteiger partial charge in [0.15, 0.2) is 0 Å². The van der Waals surface area contributed by atoms with E-state index in [0.29, 0.717) is 46.8 Å². The summed E-state index contributed by atoms with van der Waals surface area (Å²) in [5.74, 6) is 0.133. The molecule has 4 saturated heterocycles. The highest BCUT2D eigenvalue weighted by molar-refractivity contribution is 5.95. The van der Waals surface area contributed by atoms with Crippen LogP contribution in [0, 0.1) is 34.8 Å². The summed E-state index contributed by atoms with van der Waals surface area (Å²) in [4.78, 5) is 66.7. The number of urea groups is 3. The van der Waals surface area contributed by atoms with Crippen molar-refractivity contribution in [3.63, 3.8) is 0 Å². The van der Waals surface area contributed by atoms with Gasteiger partial charge in [-0.25, -0.2) is 27.5 Å². The van der Waals surface area contributed by atoms with E-state index in [9.17, 15) is 19.2 Å². The zero-order valence-corrected chi connectivity index (χ0v) is 48.2. The number of ketones is 1. The molecule has 9 fully saturated rings. The van der Waals surface area contributed by atoms with E-state index < -0.39 is 5.54 Å². The maximum absolute atomic E-state index is 11.8. The number of piperidine rings is 1. The van der Waals surface area contributed by atoms with E-state index in [-0.39, 0.29) is 34.8 Å². The number of nitrogens with zero attached hydrogens (tertiary/aromatic N) is 8. The van der Waals surface area contributed by atoms with Crippen LogP contribution in [0.5, 0.6) is 0 Å². The molecule has 0 aromatic heterocycles. The second kappa shape index (κ2) is 26.7. The SMILES string of the molecule is CN1C(=O)NCC2(C)CCCCC12.CN1CC2(C)CCCCC2N(C)C1=O.CN1CC2(C)CNCCC2N(C)C1=O.CNC1CCCCC1(C)CN.[C-]#[N+]C1(C)CCCCC1=NC.[C-]#[N+]C1(C)CCCCC1=O. The Morgan fingerprint density at radius 3 is 1.62 bits per heavy atom. The monoisotopic (exact) mass is 1020 g/mol. The summed E-state index contributed by atoms with van der Waals surface area (Å²) in [7, 11) is 13.4. The van der Waals surface area contributed by atoms with Gasteiger partial charge in [-0.1, -0.05) is 66.2 Å². The standard InChI is InChI=1S/C11H20N2O.C10H19N3O.C10H18N2O.C9H14N2.C9H20N2.C8H11NO/c1-11-7-5-4-6-9(11)13(3)10(14)12(2)8-11;1-10-6-11-5-4-8(10)13(3)9(14)12(2)7-10;1-10-6-4-3-5-8(10)12(2)9(13)11-7-10;1-9(11-3)7-5-4-6-8(9)10-2;1-9(7-10)6-4-3-5-8(9)11-2;1-8(9-2)6-4-3-5-7(8)10/h9H,4-8H2,1-3H3;8,11H,4-7H2,1-3H3;8H,3-7H2,1-2H3,(H,11,13);4-7H2,1-2H3;8,11H,3-7,10H2,1-2H3;3-6H2,1H3. The Hall–Kier alpha value is -3.99. The molecule has 0 aromatic carbocycles. The molecule has 9 aliphatic rings. The van der Waals surface area contributed by atoms with Crippen LogP contribution >= 0.6 is 0 Å². The summed E-state index contributed by atoms with van der Waals surface area (Å²) in [6, 6.07) is 2.44. The number of amides is 6. The molecule has 414 valence electrons. The fourth-order valence-electron chi connectivity index (χ4n) is 14.0. The largest absolute Gasteiger partial charge is 0.337 e. The second-order valence-corrected chi connectivity index (χ2v) is 25.0. The first kappa shape index (κ1) is 61.6. The zero-order valence-electron chi connectivity index (χ0n) is 48.2. The van der Waals surface area contributed by atoms with E-state index in [0.717, 1.165) is 83.5 Å². The van der Waals surface area contributed by atoms with Gasteiger partial charge in [-0.2, -0.15) is 0 Å². The van der Waals surface area contributed by atoms with Crippen LogP contribution in [0.2, 0.25) is 0 Å². The summed E-state index contributed by atoms with van der Waals surface area (Å²) in [6.45, 7) is 32.4. The molecule has 6 amide bonds. The Kier molecular flexibility index (Phi) is 22.5. The van der Waals surface area contributed by atoms with Crippen LogP contribution < -0.4 is 21.7 Å². The molecule has 5 N–H and O–H groups in total. The molecule has 10 unspecified atom stereocenters. The Labute approximate surface area is 443 Å². The van der Waals surface area contributed by atoms with Gasteiger partial charge in [0.05, 0.1) is 5.71 Å². The molecule has 5 aliphatic carbocycles. The molecule has 9 rings (SSSR count). The summed E-state index contributed by atoms with van der Waals surface area (Å²) in [5, 5.41) is 9.74. The number of hydrogen-bond acceptors (Lipinski definition) is 8. The molecular formula is C57H102N12O4. The molecule has 0 radical (unpaired) electrons.